The van der Waals surface area contributed by atoms with Crippen LogP contribution in [0.2, 0.25) is 5.02 Å². The Hall–Kier alpha value is -1.29. The summed E-state index contributed by atoms with van der Waals surface area (Å²) in [7, 11) is 0. The molecule has 0 bridgehead atoms. The van der Waals surface area contributed by atoms with Crippen molar-refractivity contribution < 1.29 is 4.79 Å². The van der Waals surface area contributed by atoms with E-state index in [9.17, 15) is 4.79 Å². The van der Waals surface area contributed by atoms with E-state index in [2.05, 4.69) is 18.8 Å². The van der Waals surface area contributed by atoms with Crippen molar-refractivity contribution in [3.05, 3.63) is 22.8 Å². The van der Waals surface area contributed by atoms with E-state index in [0.29, 0.717) is 10.6 Å². The number of aromatic nitrogens is 1. The molecule has 0 saturated carbocycles. The number of nitrogen functional groups attached to an aromatic ring is 1. The molecule has 1 aromatic heterocycles. The molecule has 1 amide bonds. The van der Waals surface area contributed by atoms with Gasteiger partial charge in [-0.3, -0.25) is 4.79 Å². The fraction of sp³-hybridized carbons (Fsp3) is 0.571. The molecule has 0 atom stereocenters. The van der Waals surface area contributed by atoms with Gasteiger partial charge in [0.15, 0.2) is 0 Å². The zero-order valence-electron chi connectivity index (χ0n) is 11.4. The minimum absolute atomic E-state index is 0.00169. The highest BCUT2D eigenvalue weighted by atomic mass is 35.5. The number of rotatable bonds is 3. The summed E-state index contributed by atoms with van der Waals surface area (Å²) in [6.45, 7) is 6.02. The van der Waals surface area contributed by atoms with Gasteiger partial charge in [0.1, 0.15) is 5.82 Å². The lowest BCUT2D eigenvalue weighted by atomic mass is 9.82. The monoisotopic (exact) mass is 281 g/mol. The fourth-order valence-corrected chi connectivity index (χ4v) is 2.85. The van der Waals surface area contributed by atoms with Gasteiger partial charge in [0.25, 0.3) is 5.91 Å². The van der Waals surface area contributed by atoms with Crippen molar-refractivity contribution in [1.82, 2.24) is 9.88 Å². The first-order valence-corrected chi connectivity index (χ1v) is 7.09. The van der Waals surface area contributed by atoms with Crippen LogP contribution in [0.1, 0.15) is 43.5 Å². The number of nitrogens with two attached hydrogens (primary N) is 1. The number of nitrogens with zero attached hydrogens (tertiary/aromatic N) is 2. The lowest BCUT2D eigenvalue weighted by Gasteiger charge is -2.26. The zero-order valence-corrected chi connectivity index (χ0v) is 12.2. The Balaban J connectivity index is 2.15. The fourth-order valence-electron chi connectivity index (χ4n) is 2.68. The molecule has 0 radical (unpaired) electrons. The Bertz CT molecular complexity index is 486. The molecule has 1 fully saturated rings. The number of pyridine rings is 1. The number of halogens is 1. The van der Waals surface area contributed by atoms with Gasteiger partial charge in [0, 0.05) is 19.3 Å². The maximum atomic E-state index is 12.4. The summed E-state index contributed by atoms with van der Waals surface area (Å²) in [5, 5.41) is 0.335. The standard InChI is InChI=1S/C14H20ClN3O/c1-3-14(4-2)5-6-18(9-14)13(19)10-7-11(15)12(16)17-8-10/h7-8H,3-6,9H2,1-2H3,(H2,16,17). The van der Waals surface area contributed by atoms with E-state index in [-0.39, 0.29) is 17.1 Å². The van der Waals surface area contributed by atoms with Crippen molar-refractivity contribution in [3.63, 3.8) is 0 Å². The summed E-state index contributed by atoms with van der Waals surface area (Å²) in [4.78, 5) is 18.3. The molecular weight excluding hydrogens is 262 g/mol. The number of likely N-dealkylation sites (tertiary alicyclic amines) is 1. The number of anilines is 1. The van der Waals surface area contributed by atoms with Crippen LogP contribution in [0, 0.1) is 5.41 Å². The third-order valence-corrected chi connectivity index (χ3v) is 4.64. The van der Waals surface area contributed by atoms with Crippen LogP contribution in [0.3, 0.4) is 0 Å². The lowest BCUT2D eigenvalue weighted by Crippen LogP contribution is -2.31. The van der Waals surface area contributed by atoms with Gasteiger partial charge >= 0.3 is 0 Å². The largest absolute Gasteiger partial charge is 0.382 e. The summed E-state index contributed by atoms with van der Waals surface area (Å²) < 4.78 is 0. The van der Waals surface area contributed by atoms with Gasteiger partial charge in [0.05, 0.1) is 10.6 Å². The lowest BCUT2D eigenvalue weighted by molar-refractivity contribution is 0.0769. The van der Waals surface area contributed by atoms with E-state index >= 15 is 0 Å². The van der Waals surface area contributed by atoms with Crippen LogP contribution in [-0.2, 0) is 0 Å². The van der Waals surface area contributed by atoms with Crippen LogP contribution in [-0.4, -0.2) is 28.9 Å². The molecular formula is C14H20ClN3O. The topological polar surface area (TPSA) is 59.2 Å². The van der Waals surface area contributed by atoms with Crippen molar-refractivity contribution in [3.8, 4) is 0 Å². The maximum absolute atomic E-state index is 12.4. The predicted molar refractivity (Wildman–Crippen MR) is 77.2 cm³/mol. The van der Waals surface area contributed by atoms with Gasteiger partial charge in [-0.15, -0.1) is 0 Å². The molecule has 1 aliphatic rings. The van der Waals surface area contributed by atoms with Crippen molar-refractivity contribution in [2.75, 3.05) is 18.8 Å². The summed E-state index contributed by atoms with van der Waals surface area (Å²) in [6.07, 6.45) is 4.78. The van der Waals surface area contributed by atoms with E-state index in [0.717, 1.165) is 32.4 Å². The van der Waals surface area contributed by atoms with Crippen LogP contribution in [0.5, 0.6) is 0 Å². The van der Waals surface area contributed by atoms with Gasteiger partial charge in [-0.2, -0.15) is 0 Å². The van der Waals surface area contributed by atoms with Crippen LogP contribution >= 0.6 is 11.6 Å². The van der Waals surface area contributed by atoms with Gasteiger partial charge in [0.2, 0.25) is 0 Å². The van der Waals surface area contributed by atoms with Crippen molar-refractivity contribution in [2.45, 2.75) is 33.1 Å². The average Bonchev–Trinajstić information content (AvgIpc) is 2.86. The molecule has 0 aromatic carbocycles. The number of amides is 1. The summed E-state index contributed by atoms with van der Waals surface area (Å²) >= 11 is 5.92. The summed E-state index contributed by atoms with van der Waals surface area (Å²) in [5.41, 5.74) is 6.35. The summed E-state index contributed by atoms with van der Waals surface area (Å²) in [5.74, 6) is 0.259. The second-order valence-corrected chi connectivity index (χ2v) is 5.68. The van der Waals surface area contributed by atoms with E-state index < -0.39 is 0 Å². The van der Waals surface area contributed by atoms with Crippen molar-refractivity contribution in [2.24, 2.45) is 5.41 Å². The van der Waals surface area contributed by atoms with Gasteiger partial charge < -0.3 is 10.6 Å². The molecule has 0 unspecified atom stereocenters. The molecule has 2 heterocycles. The zero-order chi connectivity index (χ0) is 14.0. The van der Waals surface area contributed by atoms with Crippen LogP contribution in [0.15, 0.2) is 12.3 Å². The van der Waals surface area contributed by atoms with Crippen LogP contribution < -0.4 is 5.73 Å². The average molecular weight is 282 g/mol. The van der Waals surface area contributed by atoms with E-state index in [1.807, 2.05) is 4.90 Å². The van der Waals surface area contributed by atoms with E-state index in [1.54, 1.807) is 6.07 Å². The summed E-state index contributed by atoms with van der Waals surface area (Å²) in [6, 6.07) is 1.60. The van der Waals surface area contributed by atoms with E-state index in [1.165, 1.54) is 6.20 Å². The minimum Gasteiger partial charge on any atom is -0.382 e. The van der Waals surface area contributed by atoms with Crippen molar-refractivity contribution >= 4 is 23.3 Å². The predicted octanol–water partition coefficient (Wildman–Crippen LogP) is 2.97. The molecule has 5 heteroatoms. The molecule has 0 spiro atoms. The molecule has 1 aromatic rings. The Kier molecular flexibility index (Phi) is 3.99. The normalized spacial score (nSPS) is 17.7. The molecule has 2 N–H and O–H groups in total. The first-order chi connectivity index (χ1) is 9.01. The molecule has 1 aliphatic heterocycles. The molecule has 19 heavy (non-hydrogen) atoms. The highest BCUT2D eigenvalue weighted by molar-refractivity contribution is 6.33. The van der Waals surface area contributed by atoms with Gasteiger partial charge in [-0.25, -0.2) is 4.98 Å². The first-order valence-electron chi connectivity index (χ1n) is 6.71. The SMILES string of the molecule is CCC1(CC)CCN(C(=O)c2cnc(N)c(Cl)c2)C1. The van der Waals surface area contributed by atoms with Crippen LogP contribution in [0.4, 0.5) is 5.82 Å². The first kappa shape index (κ1) is 14.1. The van der Waals surface area contributed by atoms with Gasteiger partial charge in [-0.1, -0.05) is 25.4 Å². The molecule has 2 rings (SSSR count). The number of hydrogen-bond donors (Lipinski definition) is 1. The quantitative estimate of drug-likeness (QED) is 0.927. The Morgan fingerprint density at radius 2 is 2.21 bits per heavy atom. The van der Waals surface area contributed by atoms with Crippen molar-refractivity contribution in [1.29, 1.82) is 0 Å². The Morgan fingerprint density at radius 1 is 1.53 bits per heavy atom. The highest BCUT2D eigenvalue weighted by Crippen LogP contribution is 2.37. The minimum atomic E-state index is -0.00169. The maximum Gasteiger partial charge on any atom is 0.255 e. The second-order valence-electron chi connectivity index (χ2n) is 5.27. The number of hydrogen-bond acceptors (Lipinski definition) is 3. The van der Waals surface area contributed by atoms with Crippen LogP contribution in [0.25, 0.3) is 0 Å². The smallest absolute Gasteiger partial charge is 0.255 e. The number of carbonyl (C=O) groups excluding carboxylic acids is 1. The second kappa shape index (κ2) is 5.37. The molecule has 0 aliphatic carbocycles. The highest BCUT2D eigenvalue weighted by Gasteiger charge is 2.37. The third-order valence-electron chi connectivity index (χ3n) is 4.34. The number of carbonyl (C=O) groups is 1. The molecule has 104 valence electrons. The molecule has 1 saturated heterocycles. The molecule has 4 nitrogen and oxygen atoms in total. The Morgan fingerprint density at radius 3 is 2.74 bits per heavy atom. The van der Waals surface area contributed by atoms with Gasteiger partial charge in [-0.05, 0) is 30.7 Å². The van der Waals surface area contributed by atoms with E-state index in [4.69, 9.17) is 17.3 Å². The Labute approximate surface area is 118 Å². The third kappa shape index (κ3) is 2.68.